The van der Waals surface area contributed by atoms with E-state index in [1.807, 2.05) is 4.90 Å². The summed E-state index contributed by atoms with van der Waals surface area (Å²) in [5, 5.41) is 0.254. The summed E-state index contributed by atoms with van der Waals surface area (Å²) < 4.78 is 13.9. The van der Waals surface area contributed by atoms with Crippen LogP contribution in [0, 0.1) is 5.82 Å². The number of halogens is 2. The number of amides is 1. The lowest BCUT2D eigenvalue weighted by Gasteiger charge is -2.33. The summed E-state index contributed by atoms with van der Waals surface area (Å²) in [6.07, 6.45) is 3.12. The Bertz CT molecular complexity index is 426. The standard InChI is InChI=1S/C13H16ClFN2O/c14-9-5-4-6-10(15)11(9)12(13(16)18)17-7-2-1-3-8-17/h4-6,12H,1-3,7-8H2,(H2,16,18). The fourth-order valence-electron chi connectivity index (χ4n) is 2.45. The van der Waals surface area contributed by atoms with Crippen LogP contribution in [0.15, 0.2) is 18.2 Å². The van der Waals surface area contributed by atoms with Crippen LogP contribution in [0.5, 0.6) is 0 Å². The number of nitrogens with zero attached hydrogens (tertiary/aromatic N) is 1. The van der Waals surface area contributed by atoms with Gasteiger partial charge in [0.05, 0.1) is 0 Å². The lowest BCUT2D eigenvalue weighted by molar-refractivity contribution is -0.124. The highest BCUT2D eigenvalue weighted by molar-refractivity contribution is 6.31. The molecule has 0 spiro atoms. The van der Waals surface area contributed by atoms with Gasteiger partial charge in [-0.1, -0.05) is 24.1 Å². The Morgan fingerprint density at radius 3 is 2.56 bits per heavy atom. The number of rotatable bonds is 3. The number of hydrogen-bond donors (Lipinski definition) is 1. The van der Waals surface area contributed by atoms with Gasteiger partial charge in [0.2, 0.25) is 5.91 Å². The van der Waals surface area contributed by atoms with Gasteiger partial charge in [-0.25, -0.2) is 4.39 Å². The van der Waals surface area contributed by atoms with E-state index in [-0.39, 0.29) is 10.6 Å². The molecule has 5 heteroatoms. The molecule has 1 saturated heterocycles. The molecule has 3 nitrogen and oxygen atoms in total. The average molecular weight is 271 g/mol. The molecule has 0 aliphatic carbocycles. The van der Waals surface area contributed by atoms with Gasteiger partial charge in [0.1, 0.15) is 11.9 Å². The normalized spacial score (nSPS) is 18.6. The van der Waals surface area contributed by atoms with Crippen LogP contribution < -0.4 is 5.73 Å². The van der Waals surface area contributed by atoms with Gasteiger partial charge in [0.15, 0.2) is 0 Å². The average Bonchev–Trinajstić information content (AvgIpc) is 2.34. The number of likely N-dealkylation sites (tertiary alicyclic amines) is 1. The van der Waals surface area contributed by atoms with Crippen molar-refractivity contribution >= 4 is 17.5 Å². The lowest BCUT2D eigenvalue weighted by Crippen LogP contribution is -2.41. The van der Waals surface area contributed by atoms with Crippen molar-refractivity contribution in [2.75, 3.05) is 13.1 Å². The Kier molecular flexibility index (Phi) is 4.19. The molecule has 0 radical (unpaired) electrons. The largest absolute Gasteiger partial charge is 0.368 e. The van der Waals surface area contributed by atoms with E-state index in [2.05, 4.69) is 0 Å². The maximum absolute atomic E-state index is 13.9. The van der Waals surface area contributed by atoms with Crippen LogP contribution in [0.25, 0.3) is 0 Å². The molecule has 18 heavy (non-hydrogen) atoms. The number of piperidine rings is 1. The molecule has 1 aliphatic heterocycles. The lowest BCUT2D eigenvalue weighted by atomic mass is 10.0. The van der Waals surface area contributed by atoms with Crippen molar-refractivity contribution in [2.45, 2.75) is 25.3 Å². The molecular formula is C13H16ClFN2O. The van der Waals surface area contributed by atoms with Gasteiger partial charge in [-0.3, -0.25) is 9.69 Å². The molecule has 0 saturated carbocycles. The molecule has 0 aromatic heterocycles. The summed E-state index contributed by atoms with van der Waals surface area (Å²) in [5.74, 6) is -1.03. The van der Waals surface area contributed by atoms with Crippen LogP contribution in [-0.4, -0.2) is 23.9 Å². The zero-order valence-electron chi connectivity index (χ0n) is 10.0. The first-order valence-corrected chi connectivity index (χ1v) is 6.46. The smallest absolute Gasteiger partial charge is 0.239 e. The molecule has 1 aromatic rings. The van der Waals surface area contributed by atoms with Crippen LogP contribution in [0.2, 0.25) is 5.02 Å². The van der Waals surface area contributed by atoms with Gasteiger partial charge in [-0.15, -0.1) is 0 Å². The van der Waals surface area contributed by atoms with Crippen molar-refractivity contribution in [1.82, 2.24) is 4.90 Å². The van der Waals surface area contributed by atoms with Crippen LogP contribution in [0.3, 0.4) is 0 Å². The van der Waals surface area contributed by atoms with Crippen molar-refractivity contribution in [1.29, 1.82) is 0 Å². The molecule has 1 amide bonds. The van der Waals surface area contributed by atoms with Gasteiger partial charge in [0.25, 0.3) is 0 Å². The van der Waals surface area contributed by atoms with E-state index in [1.54, 1.807) is 6.07 Å². The summed E-state index contributed by atoms with van der Waals surface area (Å²) >= 11 is 6.01. The third-order valence-corrected chi connectivity index (χ3v) is 3.63. The first-order chi connectivity index (χ1) is 8.61. The number of carbonyl (C=O) groups is 1. The zero-order chi connectivity index (χ0) is 13.1. The highest BCUT2D eigenvalue weighted by atomic mass is 35.5. The third kappa shape index (κ3) is 2.65. The zero-order valence-corrected chi connectivity index (χ0v) is 10.8. The number of hydrogen-bond acceptors (Lipinski definition) is 2. The Labute approximate surface area is 111 Å². The van der Waals surface area contributed by atoms with Gasteiger partial charge >= 0.3 is 0 Å². The van der Waals surface area contributed by atoms with Crippen molar-refractivity contribution in [3.63, 3.8) is 0 Å². The minimum absolute atomic E-state index is 0.202. The number of benzene rings is 1. The molecule has 2 rings (SSSR count). The fraction of sp³-hybridized carbons (Fsp3) is 0.462. The molecule has 1 aliphatic rings. The maximum Gasteiger partial charge on any atom is 0.239 e. The fourth-order valence-corrected chi connectivity index (χ4v) is 2.72. The summed E-state index contributed by atoms with van der Waals surface area (Å²) in [7, 11) is 0. The van der Waals surface area contributed by atoms with E-state index in [4.69, 9.17) is 17.3 Å². The summed E-state index contributed by atoms with van der Waals surface area (Å²) in [5.41, 5.74) is 5.63. The molecule has 1 unspecified atom stereocenters. The van der Waals surface area contributed by atoms with Crippen LogP contribution in [0.4, 0.5) is 4.39 Å². The van der Waals surface area contributed by atoms with Crippen molar-refractivity contribution in [2.24, 2.45) is 5.73 Å². The minimum atomic E-state index is -0.765. The molecule has 1 aromatic carbocycles. The topological polar surface area (TPSA) is 46.3 Å². The van der Waals surface area contributed by atoms with Crippen LogP contribution >= 0.6 is 11.6 Å². The summed E-state index contributed by atoms with van der Waals surface area (Å²) in [6.45, 7) is 1.50. The highest BCUT2D eigenvalue weighted by Crippen LogP contribution is 2.31. The van der Waals surface area contributed by atoms with E-state index in [1.165, 1.54) is 12.1 Å². The predicted molar refractivity (Wildman–Crippen MR) is 68.8 cm³/mol. The number of primary amides is 1. The van der Waals surface area contributed by atoms with Crippen LogP contribution in [0.1, 0.15) is 30.9 Å². The molecule has 0 bridgehead atoms. The van der Waals surface area contributed by atoms with E-state index in [0.717, 1.165) is 32.4 Å². The Balaban J connectivity index is 2.37. The Hall–Kier alpha value is -1.13. The molecular weight excluding hydrogens is 255 g/mol. The summed E-state index contributed by atoms with van der Waals surface area (Å²) in [4.78, 5) is 13.6. The van der Waals surface area contributed by atoms with Gasteiger partial charge < -0.3 is 5.73 Å². The van der Waals surface area contributed by atoms with Gasteiger partial charge in [-0.2, -0.15) is 0 Å². The van der Waals surface area contributed by atoms with Crippen molar-refractivity contribution < 1.29 is 9.18 Å². The number of carbonyl (C=O) groups excluding carboxylic acids is 1. The Morgan fingerprint density at radius 1 is 1.33 bits per heavy atom. The molecule has 1 atom stereocenters. The van der Waals surface area contributed by atoms with Crippen molar-refractivity contribution in [3.05, 3.63) is 34.6 Å². The minimum Gasteiger partial charge on any atom is -0.368 e. The van der Waals surface area contributed by atoms with Gasteiger partial charge in [-0.05, 0) is 38.1 Å². The monoisotopic (exact) mass is 270 g/mol. The van der Waals surface area contributed by atoms with Crippen molar-refractivity contribution in [3.8, 4) is 0 Å². The first kappa shape index (κ1) is 13.3. The van der Waals surface area contributed by atoms with E-state index < -0.39 is 17.8 Å². The first-order valence-electron chi connectivity index (χ1n) is 6.08. The summed E-state index contributed by atoms with van der Waals surface area (Å²) in [6, 6.07) is 3.65. The Morgan fingerprint density at radius 2 is 2.00 bits per heavy atom. The van der Waals surface area contributed by atoms with E-state index in [9.17, 15) is 9.18 Å². The van der Waals surface area contributed by atoms with E-state index >= 15 is 0 Å². The quantitative estimate of drug-likeness (QED) is 0.917. The molecule has 1 fully saturated rings. The maximum atomic E-state index is 13.9. The molecule has 2 N–H and O–H groups in total. The second-order valence-electron chi connectivity index (χ2n) is 4.54. The molecule has 1 heterocycles. The second-order valence-corrected chi connectivity index (χ2v) is 4.94. The molecule has 98 valence electrons. The highest BCUT2D eigenvalue weighted by Gasteiger charge is 2.30. The van der Waals surface area contributed by atoms with Crippen LogP contribution in [-0.2, 0) is 4.79 Å². The predicted octanol–water partition coefficient (Wildman–Crippen LogP) is 2.49. The number of nitrogens with two attached hydrogens (primary N) is 1. The van der Waals surface area contributed by atoms with Gasteiger partial charge in [0, 0.05) is 10.6 Å². The van der Waals surface area contributed by atoms with E-state index in [0.29, 0.717) is 0 Å². The SMILES string of the molecule is NC(=O)C(c1c(F)cccc1Cl)N1CCCCC1. The second kappa shape index (κ2) is 5.67. The third-order valence-electron chi connectivity index (χ3n) is 3.30.